The maximum absolute atomic E-state index is 13.3. The number of hydrogen-bond acceptors (Lipinski definition) is 8. The molecule has 0 spiro atoms. The van der Waals surface area contributed by atoms with Crippen molar-refractivity contribution in [3.05, 3.63) is 89.3 Å². The van der Waals surface area contributed by atoms with Gasteiger partial charge in [-0.25, -0.2) is 5.48 Å². The van der Waals surface area contributed by atoms with Gasteiger partial charge in [0.15, 0.2) is 11.5 Å². The molecule has 0 aliphatic carbocycles. The zero-order valence-corrected chi connectivity index (χ0v) is 18.1. The molecule has 9 heteroatoms. The minimum Gasteiger partial charge on any atom is -0.503 e. The Morgan fingerprint density at radius 3 is 2.73 bits per heavy atom. The number of amides is 1. The third kappa shape index (κ3) is 3.52. The van der Waals surface area contributed by atoms with Crippen LogP contribution in [0.5, 0.6) is 5.75 Å². The number of nitrogens with zero attached hydrogens (tertiary/aromatic N) is 1. The van der Waals surface area contributed by atoms with Gasteiger partial charge in [0.05, 0.1) is 23.3 Å². The fourth-order valence-electron chi connectivity index (χ4n) is 3.81. The quantitative estimate of drug-likeness (QED) is 0.543. The standard InChI is InChI=1S/C24H23N3O6/c1-4-13(15-9-10-32-26-15)17-11-18(25)27-20(14-7-5-6-8-16(14)33-17)19(21(29)23(27)31)22(30)24(2,3)12-28/h4-11,20,25-26,28-29H,1,12H2,2-3H3. The van der Waals surface area contributed by atoms with E-state index in [2.05, 4.69) is 12.1 Å². The molecule has 1 atom stereocenters. The summed E-state index contributed by atoms with van der Waals surface area (Å²) in [6.45, 7) is 6.36. The summed E-state index contributed by atoms with van der Waals surface area (Å²) in [5.41, 5.74) is 2.68. The number of aliphatic hydroxyl groups excluding tert-OH is 2. The molecule has 0 aromatic heterocycles. The highest BCUT2D eigenvalue weighted by Gasteiger charge is 2.49. The van der Waals surface area contributed by atoms with Gasteiger partial charge in [-0.3, -0.25) is 19.9 Å². The van der Waals surface area contributed by atoms with Gasteiger partial charge in [0, 0.05) is 23.3 Å². The van der Waals surface area contributed by atoms with Gasteiger partial charge >= 0.3 is 0 Å². The monoisotopic (exact) mass is 449 g/mol. The lowest BCUT2D eigenvalue weighted by molar-refractivity contribution is -0.125. The first-order chi connectivity index (χ1) is 15.7. The Balaban J connectivity index is 1.91. The fraction of sp³-hybridized carbons (Fsp3) is 0.208. The molecule has 9 nitrogen and oxygen atoms in total. The number of allylic oxidation sites excluding steroid dienone is 2. The summed E-state index contributed by atoms with van der Waals surface area (Å²) < 4.78 is 6.15. The second kappa shape index (κ2) is 8.10. The van der Waals surface area contributed by atoms with E-state index in [4.69, 9.17) is 15.0 Å². The summed E-state index contributed by atoms with van der Waals surface area (Å²) in [6, 6.07) is 5.66. The first-order valence-electron chi connectivity index (χ1n) is 10.2. The third-order valence-corrected chi connectivity index (χ3v) is 5.65. The maximum atomic E-state index is 13.3. The van der Waals surface area contributed by atoms with E-state index in [1.807, 2.05) is 0 Å². The van der Waals surface area contributed by atoms with Crippen molar-refractivity contribution in [3.63, 3.8) is 0 Å². The Labute approximate surface area is 190 Å². The Kier molecular flexibility index (Phi) is 5.43. The molecule has 0 fully saturated rings. The average molecular weight is 449 g/mol. The van der Waals surface area contributed by atoms with Gasteiger partial charge in [-0.15, -0.1) is 0 Å². The minimum atomic E-state index is -1.25. The molecule has 0 saturated carbocycles. The molecule has 3 aliphatic heterocycles. The highest BCUT2D eigenvalue weighted by Crippen LogP contribution is 2.45. The smallest absolute Gasteiger partial charge is 0.295 e. The number of para-hydroxylation sites is 1. The molecule has 33 heavy (non-hydrogen) atoms. The predicted octanol–water partition coefficient (Wildman–Crippen LogP) is 2.71. The second-order valence-corrected chi connectivity index (χ2v) is 8.30. The van der Waals surface area contributed by atoms with Crippen molar-refractivity contribution in [2.75, 3.05) is 6.61 Å². The van der Waals surface area contributed by atoms with Gasteiger partial charge in [-0.05, 0) is 6.07 Å². The maximum Gasteiger partial charge on any atom is 0.295 e. The molecular formula is C24H23N3O6. The van der Waals surface area contributed by atoms with E-state index < -0.39 is 35.5 Å². The van der Waals surface area contributed by atoms with Gasteiger partial charge < -0.3 is 19.8 Å². The van der Waals surface area contributed by atoms with Crippen LogP contribution in [0.25, 0.3) is 0 Å². The zero-order valence-electron chi connectivity index (χ0n) is 18.1. The van der Waals surface area contributed by atoms with E-state index in [9.17, 15) is 19.8 Å². The summed E-state index contributed by atoms with van der Waals surface area (Å²) in [5.74, 6) is -2.00. The van der Waals surface area contributed by atoms with E-state index in [-0.39, 0.29) is 17.2 Å². The molecule has 3 aliphatic rings. The number of rotatable bonds is 5. The molecule has 3 heterocycles. The van der Waals surface area contributed by atoms with Gasteiger partial charge in [-0.2, -0.15) is 0 Å². The number of amidine groups is 1. The summed E-state index contributed by atoms with van der Waals surface area (Å²) in [7, 11) is 0. The SMILES string of the molecule is C=CC(C1=CC(=N)N2C(=O)C(O)=C(C(=O)C(C)(C)CO)C2c2ccccc2O1)=C1C=CON1. The van der Waals surface area contributed by atoms with Gasteiger partial charge in [-0.1, -0.05) is 44.7 Å². The van der Waals surface area contributed by atoms with Crippen molar-refractivity contribution in [1.29, 1.82) is 5.41 Å². The average Bonchev–Trinajstić information content (AvgIpc) is 3.40. The molecule has 170 valence electrons. The van der Waals surface area contributed by atoms with Gasteiger partial charge in [0.25, 0.3) is 5.91 Å². The number of ketones is 1. The summed E-state index contributed by atoms with van der Waals surface area (Å²) in [6.07, 6.45) is 5.92. The molecule has 0 radical (unpaired) electrons. The van der Waals surface area contributed by atoms with Crippen LogP contribution in [0.3, 0.4) is 0 Å². The zero-order chi connectivity index (χ0) is 23.9. The van der Waals surface area contributed by atoms with Crippen molar-refractivity contribution < 1.29 is 29.4 Å². The molecule has 4 rings (SSSR count). The first kappa shape index (κ1) is 22.1. The molecule has 0 saturated heterocycles. The van der Waals surface area contributed by atoms with Crippen LogP contribution in [-0.4, -0.2) is 39.2 Å². The molecular weight excluding hydrogens is 426 g/mol. The number of Topliss-reactive ketones (excluding diaryl/α,β-unsaturated/α-hetero) is 1. The highest BCUT2D eigenvalue weighted by molar-refractivity contribution is 6.17. The van der Waals surface area contributed by atoms with Crippen LogP contribution in [0.2, 0.25) is 0 Å². The number of benzene rings is 1. The fourth-order valence-corrected chi connectivity index (χ4v) is 3.81. The Morgan fingerprint density at radius 1 is 1.36 bits per heavy atom. The number of aliphatic hydroxyl groups is 2. The van der Waals surface area contributed by atoms with Crippen molar-refractivity contribution in [3.8, 4) is 5.75 Å². The summed E-state index contributed by atoms with van der Waals surface area (Å²) in [4.78, 5) is 32.4. The lowest BCUT2D eigenvalue weighted by atomic mass is 9.81. The molecule has 1 unspecified atom stereocenters. The number of fused-ring (bicyclic) bond motifs is 3. The lowest BCUT2D eigenvalue weighted by Crippen LogP contribution is -2.38. The van der Waals surface area contributed by atoms with Crippen molar-refractivity contribution in [1.82, 2.24) is 10.4 Å². The normalized spacial score (nSPS) is 21.2. The summed E-state index contributed by atoms with van der Waals surface area (Å²) >= 11 is 0. The largest absolute Gasteiger partial charge is 0.503 e. The Bertz CT molecular complexity index is 1200. The van der Waals surface area contributed by atoms with Crippen LogP contribution in [0, 0.1) is 10.8 Å². The second-order valence-electron chi connectivity index (χ2n) is 8.30. The number of hydrogen-bond donors (Lipinski definition) is 4. The van der Waals surface area contributed by atoms with Crippen LogP contribution in [0.1, 0.15) is 25.5 Å². The van der Waals surface area contributed by atoms with E-state index >= 15 is 0 Å². The molecule has 4 N–H and O–H groups in total. The van der Waals surface area contributed by atoms with Crippen LogP contribution >= 0.6 is 0 Å². The van der Waals surface area contributed by atoms with E-state index in [0.29, 0.717) is 22.6 Å². The number of carbonyl (C=O) groups is 2. The number of nitrogens with one attached hydrogen (secondary N) is 2. The predicted molar refractivity (Wildman–Crippen MR) is 119 cm³/mol. The molecule has 1 aromatic carbocycles. The van der Waals surface area contributed by atoms with Gasteiger partial charge in [0.2, 0.25) is 0 Å². The molecule has 1 aromatic rings. The van der Waals surface area contributed by atoms with Gasteiger partial charge in [0.1, 0.15) is 29.6 Å². The van der Waals surface area contributed by atoms with Crippen LogP contribution in [0.4, 0.5) is 0 Å². The number of carbonyl (C=O) groups excluding carboxylic acids is 2. The molecule has 0 bridgehead atoms. The van der Waals surface area contributed by atoms with Crippen molar-refractivity contribution >= 4 is 17.5 Å². The minimum absolute atomic E-state index is 0.187. The summed E-state index contributed by atoms with van der Waals surface area (Å²) in [5, 5.41) is 29.1. The number of hydroxylamine groups is 1. The van der Waals surface area contributed by atoms with E-state index in [1.165, 1.54) is 32.3 Å². The molecule has 1 amide bonds. The third-order valence-electron chi connectivity index (χ3n) is 5.65. The van der Waals surface area contributed by atoms with Crippen LogP contribution in [0.15, 0.2) is 83.7 Å². The van der Waals surface area contributed by atoms with Crippen molar-refractivity contribution in [2.24, 2.45) is 5.41 Å². The lowest BCUT2D eigenvalue weighted by Gasteiger charge is -2.31. The van der Waals surface area contributed by atoms with E-state index in [0.717, 1.165) is 4.90 Å². The van der Waals surface area contributed by atoms with Crippen molar-refractivity contribution in [2.45, 2.75) is 19.9 Å². The topological polar surface area (TPSA) is 132 Å². The van der Waals surface area contributed by atoms with E-state index in [1.54, 1.807) is 30.3 Å². The Morgan fingerprint density at radius 2 is 2.09 bits per heavy atom. The highest BCUT2D eigenvalue weighted by atomic mass is 16.6. The van der Waals surface area contributed by atoms with Crippen LogP contribution in [-0.2, 0) is 14.4 Å². The number of ether oxygens (including phenoxy) is 1. The Hall–Kier alpha value is -4.11. The van der Waals surface area contributed by atoms with Crippen LogP contribution < -0.4 is 10.2 Å². The first-order valence-corrected chi connectivity index (χ1v) is 10.2.